The van der Waals surface area contributed by atoms with Gasteiger partial charge in [-0.05, 0) is 31.3 Å². The molecule has 0 aliphatic carbocycles. The smallest absolute Gasteiger partial charge is 0.108 e. The van der Waals surface area contributed by atoms with Crippen molar-refractivity contribution in [2.24, 2.45) is 7.05 Å². The van der Waals surface area contributed by atoms with Gasteiger partial charge in [0.2, 0.25) is 0 Å². The summed E-state index contributed by atoms with van der Waals surface area (Å²) in [6.07, 6.45) is 7.13. The SMILES string of the molecule is CNC(CCc1nccn1C)Cc1cccs1. The zero-order valence-electron chi connectivity index (χ0n) is 10.4. The molecule has 0 radical (unpaired) electrons. The topological polar surface area (TPSA) is 29.9 Å². The van der Waals surface area contributed by atoms with Crippen LogP contribution in [0.1, 0.15) is 17.1 Å². The van der Waals surface area contributed by atoms with Crippen LogP contribution in [0.25, 0.3) is 0 Å². The Labute approximate surface area is 107 Å². The van der Waals surface area contributed by atoms with Gasteiger partial charge in [0.05, 0.1) is 0 Å². The summed E-state index contributed by atoms with van der Waals surface area (Å²) in [5, 5.41) is 5.53. The van der Waals surface area contributed by atoms with Crippen LogP contribution in [-0.2, 0) is 19.9 Å². The van der Waals surface area contributed by atoms with E-state index in [0.717, 1.165) is 25.1 Å². The summed E-state index contributed by atoms with van der Waals surface area (Å²) in [5.41, 5.74) is 0. The van der Waals surface area contributed by atoms with Crippen molar-refractivity contribution in [2.45, 2.75) is 25.3 Å². The summed E-state index contributed by atoms with van der Waals surface area (Å²) in [6, 6.07) is 4.85. The third-order valence-electron chi connectivity index (χ3n) is 3.07. The van der Waals surface area contributed by atoms with Crippen LogP contribution in [0.3, 0.4) is 0 Å². The lowest BCUT2D eigenvalue weighted by molar-refractivity contribution is 0.513. The van der Waals surface area contributed by atoms with Crippen LogP contribution >= 0.6 is 11.3 Å². The third-order valence-corrected chi connectivity index (χ3v) is 3.97. The molecule has 2 heterocycles. The fourth-order valence-electron chi connectivity index (χ4n) is 1.96. The number of nitrogens with one attached hydrogen (secondary N) is 1. The Kier molecular flexibility index (Phi) is 4.34. The molecule has 0 bridgehead atoms. The molecule has 0 aromatic carbocycles. The molecule has 2 rings (SSSR count). The molecule has 1 N–H and O–H groups in total. The molecule has 2 aromatic rings. The standard InChI is InChI=1S/C13H19N3S/c1-14-11(10-12-4-3-9-17-12)5-6-13-15-7-8-16(13)2/h3-4,7-9,11,14H,5-6,10H2,1-2H3. The maximum atomic E-state index is 4.36. The molecule has 2 aromatic heterocycles. The second-order valence-electron chi connectivity index (χ2n) is 4.26. The van der Waals surface area contributed by atoms with Gasteiger partial charge >= 0.3 is 0 Å². The maximum Gasteiger partial charge on any atom is 0.108 e. The molecule has 17 heavy (non-hydrogen) atoms. The molecule has 92 valence electrons. The molecule has 0 amide bonds. The lowest BCUT2D eigenvalue weighted by Gasteiger charge is -2.14. The minimum absolute atomic E-state index is 0.533. The van der Waals surface area contributed by atoms with E-state index in [0.29, 0.717) is 6.04 Å². The number of aromatic nitrogens is 2. The van der Waals surface area contributed by atoms with Gasteiger partial charge in [-0.2, -0.15) is 0 Å². The number of hydrogen-bond donors (Lipinski definition) is 1. The second kappa shape index (κ2) is 5.98. The average molecular weight is 249 g/mol. The van der Waals surface area contributed by atoms with Crippen LogP contribution < -0.4 is 5.32 Å². The van der Waals surface area contributed by atoms with Gasteiger partial charge in [0.25, 0.3) is 0 Å². The van der Waals surface area contributed by atoms with Crippen LogP contribution in [0.5, 0.6) is 0 Å². The van der Waals surface area contributed by atoms with Crippen molar-refractivity contribution in [1.29, 1.82) is 0 Å². The Morgan fingerprint density at radius 3 is 3.00 bits per heavy atom. The molecule has 0 aliphatic rings. The van der Waals surface area contributed by atoms with Gasteiger partial charge < -0.3 is 9.88 Å². The van der Waals surface area contributed by atoms with E-state index in [4.69, 9.17) is 0 Å². The zero-order chi connectivity index (χ0) is 12.1. The Balaban J connectivity index is 1.86. The van der Waals surface area contributed by atoms with E-state index >= 15 is 0 Å². The molecule has 4 heteroatoms. The number of imidazole rings is 1. The summed E-state index contributed by atoms with van der Waals surface area (Å²) in [6.45, 7) is 0. The molecule has 0 aliphatic heterocycles. The maximum absolute atomic E-state index is 4.36. The van der Waals surface area contributed by atoms with E-state index < -0.39 is 0 Å². The summed E-state index contributed by atoms with van der Waals surface area (Å²) in [4.78, 5) is 5.81. The number of thiophene rings is 1. The van der Waals surface area contributed by atoms with Gasteiger partial charge in [-0.15, -0.1) is 11.3 Å². The van der Waals surface area contributed by atoms with Crippen LogP contribution in [0.15, 0.2) is 29.9 Å². The predicted molar refractivity (Wildman–Crippen MR) is 72.4 cm³/mol. The first-order chi connectivity index (χ1) is 8.29. The predicted octanol–water partition coefficient (Wildman–Crippen LogP) is 2.24. The molecule has 0 saturated heterocycles. The fourth-order valence-corrected chi connectivity index (χ4v) is 2.75. The van der Waals surface area contributed by atoms with Gasteiger partial charge in [0, 0.05) is 36.8 Å². The normalized spacial score (nSPS) is 12.8. The Morgan fingerprint density at radius 1 is 1.53 bits per heavy atom. The summed E-state index contributed by atoms with van der Waals surface area (Å²) < 4.78 is 2.10. The van der Waals surface area contributed by atoms with E-state index in [-0.39, 0.29) is 0 Å². The van der Waals surface area contributed by atoms with Crippen LogP contribution in [0.2, 0.25) is 0 Å². The number of hydrogen-bond acceptors (Lipinski definition) is 3. The highest BCUT2D eigenvalue weighted by molar-refractivity contribution is 7.09. The minimum atomic E-state index is 0.533. The lowest BCUT2D eigenvalue weighted by Crippen LogP contribution is -2.28. The van der Waals surface area contributed by atoms with Crippen molar-refractivity contribution >= 4 is 11.3 Å². The summed E-state index contributed by atoms with van der Waals surface area (Å²) in [5.74, 6) is 1.16. The van der Waals surface area contributed by atoms with E-state index in [1.165, 1.54) is 4.88 Å². The van der Waals surface area contributed by atoms with Crippen LogP contribution in [0, 0.1) is 0 Å². The molecule has 0 saturated carbocycles. The largest absolute Gasteiger partial charge is 0.338 e. The molecule has 3 nitrogen and oxygen atoms in total. The van der Waals surface area contributed by atoms with Gasteiger partial charge in [-0.3, -0.25) is 0 Å². The first kappa shape index (κ1) is 12.3. The molecule has 1 atom stereocenters. The van der Waals surface area contributed by atoms with Crippen molar-refractivity contribution in [3.63, 3.8) is 0 Å². The van der Waals surface area contributed by atoms with Crippen LogP contribution in [0.4, 0.5) is 0 Å². The molecular weight excluding hydrogens is 230 g/mol. The van der Waals surface area contributed by atoms with Gasteiger partial charge in [-0.25, -0.2) is 4.98 Å². The highest BCUT2D eigenvalue weighted by atomic mass is 32.1. The minimum Gasteiger partial charge on any atom is -0.338 e. The van der Waals surface area contributed by atoms with Crippen molar-refractivity contribution in [3.8, 4) is 0 Å². The summed E-state index contributed by atoms with van der Waals surface area (Å²) >= 11 is 1.83. The number of nitrogens with zero attached hydrogens (tertiary/aromatic N) is 2. The number of rotatable bonds is 6. The van der Waals surface area contributed by atoms with Crippen molar-refractivity contribution < 1.29 is 0 Å². The van der Waals surface area contributed by atoms with Gasteiger partial charge in [0.15, 0.2) is 0 Å². The Morgan fingerprint density at radius 2 is 2.41 bits per heavy atom. The highest BCUT2D eigenvalue weighted by Gasteiger charge is 2.09. The van der Waals surface area contributed by atoms with Crippen molar-refractivity contribution in [3.05, 3.63) is 40.6 Å². The first-order valence-corrected chi connectivity index (χ1v) is 6.83. The molecular formula is C13H19N3S. The quantitative estimate of drug-likeness (QED) is 0.851. The third kappa shape index (κ3) is 3.41. The van der Waals surface area contributed by atoms with Crippen molar-refractivity contribution in [1.82, 2.24) is 14.9 Å². The molecule has 0 spiro atoms. The first-order valence-electron chi connectivity index (χ1n) is 5.95. The van der Waals surface area contributed by atoms with E-state index in [1.54, 1.807) is 0 Å². The summed E-state index contributed by atoms with van der Waals surface area (Å²) in [7, 11) is 4.09. The number of likely N-dealkylation sites (N-methyl/N-ethyl adjacent to an activating group) is 1. The highest BCUT2D eigenvalue weighted by Crippen LogP contribution is 2.13. The fraction of sp³-hybridized carbons (Fsp3) is 0.462. The van der Waals surface area contributed by atoms with E-state index in [2.05, 4.69) is 39.4 Å². The van der Waals surface area contributed by atoms with Gasteiger partial charge in [-0.1, -0.05) is 6.07 Å². The van der Waals surface area contributed by atoms with E-state index in [1.807, 2.05) is 30.8 Å². The zero-order valence-corrected chi connectivity index (χ0v) is 11.2. The number of aryl methyl sites for hydroxylation is 2. The van der Waals surface area contributed by atoms with E-state index in [9.17, 15) is 0 Å². The van der Waals surface area contributed by atoms with Crippen molar-refractivity contribution in [2.75, 3.05) is 7.05 Å². The van der Waals surface area contributed by atoms with Crippen LogP contribution in [-0.4, -0.2) is 22.6 Å². The molecule has 1 unspecified atom stereocenters. The Bertz CT molecular complexity index is 433. The second-order valence-corrected chi connectivity index (χ2v) is 5.29. The lowest BCUT2D eigenvalue weighted by atomic mass is 10.1. The van der Waals surface area contributed by atoms with Gasteiger partial charge in [0.1, 0.15) is 5.82 Å². The Hall–Kier alpha value is -1.13. The molecule has 0 fully saturated rings. The monoisotopic (exact) mass is 249 g/mol. The average Bonchev–Trinajstić information content (AvgIpc) is 2.96.